The molecule has 0 radical (unpaired) electrons. The number of rotatable bonds is 6. The fraction of sp³-hybridized carbons (Fsp3) is 0.0714. The molecular weight excluding hydrogens is 470 g/mol. The van der Waals surface area contributed by atoms with E-state index in [9.17, 15) is 4.79 Å². The highest BCUT2D eigenvalue weighted by Crippen LogP contribution is 2.25. The Morgan fingerprint density at radius 1 is 0.889 bits per heavy atom. The summed E-state index contributed by atoms with van der Waals surface area (Å²) >= 11 is 1.31. The molecule has 3 heterocycles. The average molecular weight is 492 g/mol. The van der Waals surface area contributed by atoms with Crippen LogP contribution in [0.1, 0.15) is 12.5 Å². The van der Waals surface area contributed by atoms with Crippen molar-refractivity contribution in [1.82, 2.24) is 24.4 Å². The minimum absolute atomic E-state index is 0.203. The minimum atomic E-state index is -0.203. The smallest absolute Gasteiger partial charge is 0.291 e. The fourth-order valence-electron chi connectivity index (χ4n) is 3.99. The zero-order chi connectivity index (χ0) is 24.5. The van der Waals surface area contributed by atoms with Crippen LogP contribution in [0.5, 0.6) is 5.75 Å². The molecule has 0 fully saturated rings. The average Bonchev–Trinajstić information content (AvgIpc) is 3.61. The Bertz CT molecular complexity index is 1750. The van der Waals surface area contributed by atoms with Crippen molar-refractivity contribution in [2.75, 3.05) is 6.61 Å². The van der Waals surface area contributed by atoms with E-state index in [0.717, 1.165) is 33.8 Å². The molecule has 0 amide bonds. The first-order chi connectivity index (χ1) is 17.7. The van der Waals surface area contributed by atoms with Gasteiger partial charge in [0.15, 0.2) is 5.82 Å². The van der Waals surface area contributed by atoms with Gasteiger partial charge < -0.3 is 4.74 Å². The third-order valence-electron chi connectivity index (χ3n) is 5.70. The van der Waals surface area contributed by atoms with Crippen molar-refractivity contribution >= 4 is 22.4 Å². The molecule has 3 aromatic heterocycles. The highest BCUT2D eigenvalue weighted by atomic mass is 32.1. The maximum Gasteiger partial charge on any atom is 0.291 e. The molecule has 7 nitrogen and oxygen atoms in total. The Hall–Kier alpha value is -4.56. The monoisotopic (exact) mass is 491 g/mol. The standard InChI is InChI=1S/C28H21N5O2S/c1-2-35-23-15-13-20(14-16-23)26-29-28-33(31-26)27(34)24(36-28)17-21-18-32(22-11-7-4-8-12-22)30-25(21)19-9-5-3-6-10-19/h3-18H,2H2,1H3. The van der Waals surface area contributed by atoms with Crippen molar-refractivity contribution in [1.29, 1.82) is 0 Å². The molecule has 0 atom stereocenters. The van der Waals surface area contributed by atoms with Crippen LogP contribution in [0.2, 0.25) is 0 Å². The molecule has 6 rings (SSSR count). The number of thiazole rings is 1. The minimum Gasteiger partial charge on any atom is -0.494 e. The molecule has 0 aliphatic carbocycles. The number of fused-ring (bicyclic) bond motifs is 1. The van der Waals surface area contributed by atoms with Crippen LogP contribution in [0.15, 0.2) is 95.9 Å². The topological polar surface area (TPSA) is 74.3 Å². The molecule has 0 spiro atoms. The number of para-hydroxylation sites is 1. The van der Waals surface area contributed by atoms with E-state index in [2.05, 4.69) is 10.1 Å². The van der Waals surface area contributed by atoms with E-state index in [1.807, 2.05) is 109 Å². The van der Waals surface area contributed by atoms with Gasteiger partial charge >= 0.3 is 0 Å². The lowest BCUT2D eigenvalue weighted by Gasteiger charge is -2.02. The first-order valence-electron chi connectivity index (χ1n) is 11.5. The highest BCUT2D eigenvalue weighted by molar-refractivity contribution is 7.15. The first kappa shape index (κ1) is 21.9. The highest BCUT2D eigenvalue weighted by Gasteiger charge is 2.15. The van der Waals surface area contributed by atoms with Crippen molar-refractivity contribution in [2.45, 2.75) is 6.92 Å². The summed E-state index contributed by atoms with van der Waals surface area (Å²) in [6, 6.07) is 27.4. The summed E-state index contributed by atoms with van der Waals surface area (Å²) in [5.74, 6) is 1.30. The molecule has 8 heteroatoms. The molecular formula is C28H21N5O2S. The van der Waals surface area contributed by atoms with Crippen LogP contribution in [0.4, 0.5) is 0 Å². The second-order valence-corrected chi connectivity index (χ2v) is 9.09. The summed E-state index contributed by atoms with van der Waals surface area (Å²) in [4.78, 5) is 18.4. The summed E-state index contributed by atoms with van der Waals surface area (Å²) in [6.45, 7) is 2.55. The molecule has 0 aliphatic heterocycles. The van der Waals surface area contributed by atoms with Gasteiger partial charge in [-0.15, -0.1) is 5.10 Å². The van der Waals surface area contributed by atoms with Gasteiger partial charge in [-0.05, 0) is 49.4 Å². The lowest BCUT2D eigenvalue weighted by molar-refractivity contribution is 0.340. The van der Waals surface area contributed by atoms with E-state index in [4.69, 9.17) is 9.84 Å². The van der Waals surface area contributed by atoms with Crippen LogP contribution < -0.4 is 14.8 Å². The Kier molecular flexibility index (Phi) is 5.63. The van der Waals surface area contributed by atoms with Crippen LogP contribution in [-0.2, 0) is 0 Å². The Labute approximate surface area is 210 Å². The quantitative estimate of drug-likeness (QED) is 0.340. The molecule has 0 bridgehead atoms. The molecule has 3 aromatic carbocycles. The van der Waals surface area contributed by atoms with Crippen LogP contribution in [0.25, 0.3) is 39.4 Å². The molecule has 36 heavy (non-hydrogen) atoms. The third kappa shape index (κ3) is 4.08. The van der Waals surface area contributed by atoms with E-state index >= 15 is 0 Å². The molecule has 176 valence electrons. The van der Waals surface area contributed by atoms with Crippen molar-refractivity contribution < 1.29 is 4.74 Å². The van der Waals surface area contributed by atoms with Gasteiger partial charge in [0.2, 0.25) is 4.96 Å². The van der Waals surface area contributed by atoms with Gasteiger partial charge in [0.25, 0.3) is 5.56 Å². The summed E-state index contributed by atoms with van der Waals surface area (Å²) in [7, 11) is 0. The van der Waals surface area contributed by atoms with Crippen molar-refractivity contribution in [2.24, 2.45) is 0 Å². The number of nitrogens with zero attached hydrogens (tertiary/aromatic N) is 5. The van der Waals surface area contributed by atoms with Gasteiger partial charge in [-0.1, -0.05) is 59.9 Å². The predicted molar refractivity (Wildman–Crippen MR) is 142 cm³/mol. The summed E-state index contributed by atoms with van der Waals surface area (Å²) in [6.07, 6.45) is 3.81. The molecule has 0 aliphatic rings. The SMILES string of the molecule is CCOc1ccc(-c2nc3sc(=Cc4cn(-c5ccccc5)nc4-c4ccccc4)c(=O)n3n2)cc1. The normalized spacial score (nSPS) is 11.9. The second kappa shape index (κ2) is 9.24. The van der Waals surface area contributed by atoms with Gasteiger partial charge in [-0.3, -0.25) is 4.79 Å². The largest absolute Gasteiger partial charge is 0.494 e. The van der Waals surface area contributed by atoms with Gasteiger partial charge in [-0.2, -0.15) is 14.6 Å². The number of aromatic nitrogens is 5. The van der Waals surface area contributed by atoms with Gasteiger partial charge in [-0.25, -0.2) is 4.68 Å². The number of hydrogen-bond donors (Lipinski definition) is 0. The van der Waals surface area contributed by atoms with Crippen molar-refractivity contribution in [3.63, 3.8) is 0 Å². The third-order valence-corrected chi connectivity index (χ3v) is 6.66. The van der Waals surface area contributed by atoms with Crippen LogP contribution in [-0.4, -0.2) is 31.0 Å². The zero-order valence-electron chi connectivity index (χ0n) is 19.4. The van der Waals surface area contributed by atoms with E-state index in [1.54, 1.807) is 0 Å². The van der Waals surface area contributed by atoms with Gasteiger partial charge in [0.05, 0.1) is 22.5 Å². The summed E-state index contributed by atoms with van der Waals surface area (Å²) < 4.78 is 9.25. The molecule has 0 N–H and O–H groups in total. The fourth-order valence-corrected chi connectivity index (χ4v) is 4.89. The lowest BCUT2D eigenvalue weighted by atomic mass is 10.1. The molecule has 0 saturated carbocycles. The molecule has 0 saturated heterocycles. The molecule has 0 unspecified atom stereocenters. The van der Waals surface area contributed by atoms with E-state index in [-0.39, 0.29) is 5.56 Å². The van der Waals surface area contributed by atoms with Crippen LogP contribution >= 0.6 is 11.3 Å². The van der Waals surface area contributed by atoms with E-state index < -0.39 is 0 Å². The van der Waals surface area contributed by atoms with Crippen molar-refractivity contribution in [3.8, 4) is 34.1 Å². The van der Waals surface area contributed by atoms with Crippen LogP contribution in [0, 0.1) is 0 Å². The van der Waals surface area contributed by atoms with E-state index in [0.29, 0.717) is 21.9 Å². The van der Waals surface area contributed by atoms with Gasteiger partial charge in [0, 0.05) is 22.9 Å². The summed E-state index contributed by atoms with van der Waals surface area (Å²) in [5, 5.41) is 9.31. The van der Waals surface area contributed by atoms with Crippen molar-refractivity contribution in [3.05, 3.63) is 112 Å². The first-order valence-corrected chi connectivity index (χ1v) is 12.4. The Morgan fingerprint density at radius 3 is 2.31 bits per heavy atom. The zero-order valence-corrected chi connectivity index (χ0v) is 20.2. The lowest BCUT2D eigenvalue weighted by Crippen LogP contribution is -2.23. The summed E-state index contributed by atoms with van der Waals surface area (Å²) in [5.41, 5.74) is 4.19. The maximum atomic E-state index is 13.2. The Balaban J connectivity index is 1.43. The second-order valence-electron chi connectivity index (χ2n) is 8.08. The predicted octanol–water partition coefficient (Wildman–Crippen LogP) is 4.62. The maximum absolute atomic E-state index is 13.2. The number of benzene rings is 3. The van der Waals surface area contributed by atoms with Gasteiger partial charge in [0.1, 0.15) is 5.75 Å². The Morgan fingerprint density at radius 2 is 1.61 bits per heavy atom. The van der Waals surface area contributed by atoms with E-state index in [1.165, 1.54) is 15.9 Å². The number of ether oxygens (including phenoxy) is 1. The number of hydrogen-bond acceptors (Lipinski definition) is 6. The molecule has 6 aromatic rings. The van der Waals surface area contributed by atoms with Crippen LogP contribution in [0.3, 0.4) is 0 Å².